The van der Waals surface area contributed by atoms with E-state index in [4.69, 9.17) is 5.73 Å². The number of H-pyrrole nitrogens is 1. The number of hydrogen-bond donors (Lipinski definition) is 2. The van der Waals surface area contributed by atoms with Gasteiger partial charge in [-0.15, -0.1) is 0 Å². The molecular formula is C19H25N5O2. The number of aryl methyl sites for hydroxylation is 1. The molecule has 0 saturated carbocycles. The number of nitrogens with two attached hydrogens (primary N) is 1. The molecule has 26 heavy (non-hydrogen) atoms. The Kier molecular flexibility index (Phi) is 4.40. The SMILES string of the molecule is CC(=O)N1CCC(N2Cc3c(ccc4[nH]ncc34)CC[C@@H](N)C2=O)CC1. The molecule has 4 rings (SSSR count). The minimum atomic E-state index is -0.464. The fraction of sp³-hybridized carbons (Fsp3) is 0.526. The first-order valence-corrected chi connectivity index (χ1v) is 9.30. The summed E-state index contributed by atoms with van der Waals surface area (Å²) < 4.78 is 0. The molecule has 1 aromatic heterocycles. The molecule has 2 aromatic rings. The van der Waals surface area contributed by atoms with Crippen LogP contribution in [0.25, 0.3) is 10.9 Å². The van der Waals surface area contributed by atoms with Crippen LogP contribution in [0, 0.1) is 0 Å². The lowest BCUT2D eigenvalue weighted by atomic mass is 9.92. The van der Waals surface area contributed by atoms with Crippen molar-refractivity contribution in [2.24, 2.45) is 5.73 Å². The van der Waals surface area contributed by atoms with Crippen LogP contribution in [0.4, 0.5) is 0 Å². The lowest BCUT2D eigenvalue weighted by Gasteiger charge is -2.40. The largest absolute Gasteiger partial charge is 0.343 e. The molecule has 1 aromatic carbocycles. The highest BCUT2D eigenvalue weighted by Crippen LogP contribution is 2.29. The van der Waals surface area contributed by atoms with E-state index < -0.39 is 6.04 Å². The normalized spacial score (nSPS) is 22.2. The Bertz CT molecular complexity index is 838. The third-order valence-electron chi connectivity index (χ3n) is 5.84. The molecule has 1 atom stereocenters. The number of aromatic amines is 1. The highest BCUT2D eigenvalue weighted by molar-refractivity contribution is 5.86. The molecule has 2 amide bonds. The number of piperidine rings is 1. The molecule has 7 heteroatoms. The fourth-order valence-electron chi connectivity index (χ4n) is 4.24. The van der Waals surface area contributed by atoms with E-state index in [1.807, 2.05) is 22.1 Å². The summed E-state index contributed by atoms with van der Waals surface area (Å²) in [7, 11) is 0. The summed E-state index contributed by atoms with van der Waals surface area (Å²) in [4.78, 5) is 28.4. The Morgan fingerprint density at radius 1 is 1.27 bits per heavy atom. The van der Waals surface area contributed by atoms with Gasteiger partial charge >= 0.3 is 0 Å². The zero-order valence-electron chi connectivity index (χ0n) is 15.1. The van der Waals surface area contributed by atoms with Gasteiger partial charge in [-0.25, -0.2) is 0 Å². The third kappa shape index (κ3) is 2.96. The summed E-state index contributed by atoms with van der Waals surface area (Å²) in [5.74, 6) is 0.127. The molecule has 0 spiro atoms. The highest BCUT2D eigenvalue weighted by Gasteiger charge is 2.33. The Morgan fingerprint density at radius 2 is 2.04 bits per heavy atom. The van der Waals surface area contributed by atoms with E-state index >= 15 is 0 Å². The van der Waals surface area contributed by atoms with E-state index in [1.165, 1.54) is 11.1 Å². The van der Waals surface area contributed by atoms with Gasteiger partial charge in [0.25, 0.3) is 0 Å². The summed E-state index contributed by atoms with van der Waals surface area (Å²) >= 11 is 0. The Hall–Kier alpha value is -2.41. The zero-order valence-corrected chi connectivity index (χ0v) is 15.1. The van der Waals surface area contributed by atoms with Gasteiger partial charge in [0.1, 0.15) is 0 Å². The molecule has 2 aliphatic heterocycles. The van der Waals surface area contributed by atoms with E-state index in [0.29, 0.717) is 26.1 Å². The first kappa shape index (κ1) is 17.0. The number of aromatic nitrogens is 2. The Balaban J connectivity index is 1.66. The van der Waals surface area contributed by atoms with Gasteiger partial charge in [-0.2, -0.15) is 5.10 Å². The number of nitrogens with one attached hydrogen (secondary N) is 1. The van der Waals surface area contributed by atoms with Crippen molar-refractivity contribution in [2.75, 3.05) is 13.1 Å². The number of benzene rings is 1. The predicted octanol–water partition coefficient (Wildman–Crippen LogP) is 1.18. The summed E-state index contributed by atoms with van der Waals surface area (Å²) in [5, 5.41) is 8.26. The molecule has 0 aliphatic carbocycles. The van der Waals surface area contributed by atoms with Gasteiger partial charge in [0.15, 0.2) is 0 Å². The average molecular weight is 355 g/mol. The molecule has 1 saturated heterocycles. The first-order valence-electron chi connectivity index (χ1n) is 9.30. The third-order valence-corrected chi connectivity index (χ3v) is 5.84. The van der Waals surface area contributed by atoms with Gasteiger partial charge in [0.2, 0.25) is 11.8 Å². The number of fused-ring (bicyclic) bond motifs is 3. The number of hydrogen-bond acceptors (Lipinski definition) is 4. The quantitative estimate of drug-likeness (QED) is 0.803. The number of nitrogens with zero attached hydrogens (tertiary/aromatic N) is 3. The summed E-state index contributed by atoms with van der Waals surface area (Å²) in [5.41, 5.74) is 9.60. The second-order valence-corrected chi connectivity index (χ2v) is 7.38. The molecule has 3 heterocycles. The van der Waals surface area contributed by atoms with Crippen molar-refractivity contribution >= 4 is 22.7 Å². The smallest absolute Gasteiger partial charge is 0.240 e. The topological polar surface area (TPSA) is 95.3 Å². The van der Waals surface area contributed by atoms with E-state index in [-0.39, 0.29) is 17.9 Å². The molecule has 0 radical (unpaired) electrons. The highest BCUT2D eigenvalue weighted by atomic mass is 16.2. The van der Waals surface area contributed by atoms with Crippen LogP contribution < -0.4 is 5.73 Å². The molecule has 1 fully saturated rings. The standard InChI is InChI=1S/C19H25N5O2/c1-12(25)23-8-6-14(7-9-23)24-11-16-13(2-4-17(20)19(24)26)3-5-18-15(16)10-21-22-18/h3,5,10,14,17H,2,4,6-9,11,20H2,1H3,(H,21,22)/t17-/m1/s1. The molecule has 7 nitrogen and oxygen atoms in total. The van der Waals surface area contributed by atoms with Gasteiger partial charge in [0.05, 0.1) is 17.8 Å². The maximum absolute atomic E-state index is 13.0. The van der Waals surface area contributed by atoms with Crippen LogP contribution in [0.1, 0.15) is 37.3 Å². The summed E-state index contributed by atoms with van der Waals surface area (Å²) in [6.07, 6.45) is 4.90. The maximum Gasteiger partial charge on any atom is 0.240 e. The molecule has 0 bridgehead atoms. The van der Waals surface area contributed by atoms with Crippen LogP contribution in [0.5, 0.6) is 0 Å². The van der Waals surface area contributed by atoms with Gasteiger partial charge in [0, 0.05) is 38.0 Å². The van der Waals surface area contributed by atoms with Gasteiger partial charge in [-0.1, -0.05) is 6.07 Å². The van der Waals surface area contributed by atoms with Crippen molar-refractivity contribution in [3.05, 3.63) is 29.5 Å². The Labute approximate surface area is 152 Å². The predicted molar refractivity (Wildman–Crippen MR) is 98.2 cm³/mol. The molecule has 2 aliphatic rings. The maximum atomic E-state index is 13.0. The van der Waals surface area contributed by atoms with Crippen LogP contribution in [0.15, 0.2) is 18.3 Å². The minimum absolute atomic E-state index is 0.0254. The van der Waals surface area contributed by atoms with Gasteiger partial charge in [-0.3, -0.25) is 14.7 Å². The monoisotopic (exact) mass is 355 g/mol. The van der Waals surface area contributed by atoms with Crippen molar-refractivity contribution in [1.29, 1.82) is 0 Å². The second kappa shape index (κ2) is 6.72. The van der Waals surface area contributed by atoms with Crippen LogP contribution in [-0.2, 0) is 22.6 Å². The van der Waals surface area contributed by atoms with Crippen LogP contribution >= 0.6 is 0 Å². The number of carbonyl (C=O) groups is 2. The minimum Gasteiger partial charge on any atom is -0.343 e. The number of rotatable bonds is 1. The van der Waals surface area contributed by atoms with Crippen molar-refractivity contribution in [2.45, 2.75) is 51.2 Å². The van der Waals surface area contributed by atoms with Crippen molar-refractivity contribution in [3.63, 3.8) is 0 Å². The van der Waals surface area contributed by atoms with Crippen molar-refractivity contribution in [1.82, 2.24) is 20.0 Å². The lowest BCUT2D eigenvalue weighted by Crippen LogP contribution is -2.53. The number of likely N-dealkylation sites (tertiary alicyclic amines) is 1. The van der Waals surface area contributed by atoms with Crippen LogP contribution in [0.3, 0.4) is 0 Å². The van der Waals surface area contributed by atoms with E-state index in [0.717, 1.165) is 30.2 Å². The zero-order chi connectivity index (χ0) is 18.3. The second-order valence-electron chi connectivity index (χ2n) is 7.38. The lowest BCUT2D eigenvalue weighted by molar-refractivity contribution is -0.138. The fourth-order valence-corrected chi connectivity index (χ4v) is 4.24. The summed E-state index contributed by atoms with van der Waals surface area (Å²) in [6, 6.07) is 3.83. The first-order chi connectivity index (χ1) is 12.5. The molecule has 0 unspecified atom stereocenters. The van der Waals surface area contributed by atoms with Gasteiger partial charge < -0.3 is 15.5 Å². The summed E-state index contributed by atoms with van der Waals surface area (Å²) in [6.45, 7) is 3.55. The molecular weight excluding hydrogens is 330 g/mol. The Morgan fingerprint density at radius 3 is 2.77 bits per heavy atom. The van der Waals surface area contributed by atoms with Crippen molar-refractivity contribution < 1.29 is 9.59 Å². The number of amides is 2. The van der Waals surface area contributed by atoms with Crippen LogP contribution in [-0.4, -0.2) is 57.0 Å². The average Bonchev–Trinajstić information content (AvgIpc) is 3.12. The number of carbonyl (C=O) groups excluding carboxylic acids is 2. The van der Waals surface area contributed by atoms with Crippen LogP contribution in [0.2, 0.25) is 0 Å². The molecule has 3 N–H and O–H groups in total. The van der Waals surface area contributed by atoms with E-state index in [9.17, 15) is 9.59 Å². The van der Waals surface area contributed by atoms with Gasteiger partial charge in [-0.05, 0) is 42.9 Å². The van der Waals surface area contributed by atoms with Crippen molar-refractivity contribution in [3.8, 4) is 0 Å². The molecule has 138 valence electrons. The van der Waals surface area contributed by atoms with E-state index in [2.05, 4.69) is 16.3 Å². The van der Waals surface area contributed by atoms with E-state index in [1.54, 1.807) is 6.92 Å².